The lowest BCUT2D eigenvalue weighted by Crippen LogP contribution is -2.36. The summed E-state index contributed by atoms with van der Waals surface area (Å²) in [6.45, 7) is 6.68. The lowest BCUT2D eigenvalue weighted by molar-refractivity contribution is 0.0683. The summed E-state index contributed by atoms with van der Waals surface area (Å²) in [6.07, 6.45) is 0. The molecule has 2 heterocycles. The number of aromatic nitrogens is 2. The maximum absolute atomic E-state index is 12.8. The van der Waals surface area contributed by atoms with Gasteiger partial charge in [0.1, 0.15) is 0 Å². The van der Waals surface area contributed by atoms with E-state index in [9.17, 15) is 4.79 Å². The van der Waals surface area contributed by atoms with E-state index in [-0.39, 0.29) is 18.7 Å². The van der Waals surface area contributed by atoms with Crippen molar-refractivity contribution in [2.45, 2.75) is 33.4 Å². The molecule has 0 unspecified atom stereocenters. The van der Waals surface area contributed by atoms with Crippen molar-refractivity contribution in [2.75, 3.05) is 6.79 Å². The number of carbonyl (C=O) groups excluding carboxylic acids is 1. The smallest absolute Gasteiger partial charge is 0.274 e. The lowest BCUT2D eigenvalue weighted by Gasteiger charge is -2.26. The fourth-order valence-corrected chi connectivity index (χ4v) is 2.54. The SMILES string of the molecule is Cc1cc(C(=O)N(Cc2ccc3c(c2)OCO3)C(C)C)nn1C. The average molecular weight is 315 g/mol. The molecule has 6 nitrogen and oxygen atoms in total. The Morgan fingerprint density at radius 1 is 1.30 bits per heavy atom. The molecule has 122 valence electrons. The van der Waals surface area contributed by atoms with Crippen molar-refractivity contribution in [3.63, 3.8) is 0 Å². The van der Waals surface area contributed by atoms with E-state index >= 15 is 0 Å². The van der Waals surface area contributed by atoms with Gasteiger partial charge in [-0.05, 0) is 44.5 Å². The molecule has 0 radical (unpaired) electrons. The zero-order chi connectivity index (χ0) is 16.6. The second-order valence-corrected chi connectivity index (χ2v) is 6.01. The second kappa shape index (κ2) is 5.95. The van der Waals surface area contributed by atoms with E-state index in [1.165, 1.54) is 0 Å². The van der Waals surface area contributed by atoms with Gasteiger partial charge in [-0.2, -0.15) is 5.10 Å². The minimum absolute atomic E-state index is 0.0650. The molecule has 1 aromatic heterocycles. The summed E-state index contributed by atoms with van der Waals surface area (Å²) in [5.41, 5.74) is 2.43. The van der Waals surface area contributed by atoms with Gasteiger partial charge in [-0.25, -0.2) is 0 Å². The third-order valence-electron chi connectivity index (χ3n) is 4.01. The molecule has 0 saturated carbocycles. The third-order valence-corrected chi connectivity index (χ3v) is 4.01. The molecule has 0 atom stereocenters. The second-order valence-electron chi connectivity index (χ2n) is 6.01. The van der Waals surface area contributed by atoms with Gasteiger partial charge in [0.25, 0.3) is 5.91 Å². The number of fused-ring (bicyclic) bond motifs is 1. The summed E-state index contributed by atoms with van der Waals surface area (Å²) in [5, 5.41) is 4.29. The van der Waals surface area contributed by atoms with Crippen LogP contribution < -0.4 is 9.47 Å². The molecule has 6 heteroatoms. The van der Waals surface area contributed by atoms with Crippen LogP contribution in [0.4, 0.5) is 0 Å². The molecule has 1 aliphatic heterocycles. The lowest BCUT2D eigenvalue weighted by atomic mass is 10.1. The Kier molecular flexibility index (Phi) is 3.98. The Morgan fingerprint density at radius 2 is 2.04 bits per heavy atom. The zero-order valence-electron chi connectivity index (χ0n) is 13.9. The van der Waals surface area contributed by atoms with Crippen LogP contribution in [0.25, 0.3) is 0 Å². The molecule has 1 aromatic carbocycles. The number of aryl methyl sites for hydroxylation is 2. The van der Waals surface area contributed by atoms with Crippen LogP contribution in [0.2, 0.25) is 0 Å². The number of ether oxygens (including phenoxy) is 2. The van der Waals surface area contributed by atoms with Crippen molar-refractivity contribution < 1.29 is 14.3 Å². The highest BCUT2D eigenvalue weighted by atomic mass is 16.7. The van der Waals surface area contributed by atoms with E-state index < -0.39 is 0 Å². The molecular formula is C17H21N3O3. The summed E-state index contributed by atoms with van der Waals surface area (Å²) in [5.74, 6) is 1.41. The molecule has 23 heavy (non-hydrogen) atoms. The van der Waals surface area contributed by atoms with Crippen molar-refractivity contribution in [2.24, 2.45) is 7.05 Å². The highest BCUT2D eigenvalue weighted by Gasteiger charge is 2.23. The summed E-state index contributed by atoms with van der Waals surface area (Å²) < 4.78 is 12.4. The monoisotopic (exact) mass is 315 g/mol. The van der Waals surface area contributed by atoms with Gasteiger partial charge < -0.3 is 14.4 Å². The van der Waals surface area contributed by atoms with Gasteiger partial charge in [0.05, 0.1) is 0 Å². The average Bonchev–Trinajstić information content (AvgIpc) is 3.10. The molecule has 1 aliphatic rings. The zero-order valence-corrected chi connectivity index (χ0v) is 13.9. The molecule has 0 bridgehead atoms. The molecule has 1 amide bonds. The topological polar surface area (TPSA) is 56.6 Å². The van der Waals surface area contributed by atoms with Crippen molar-refractivity contribution in [1.29, 1.82) is 0 Å². The molecule has 0 aliphatic carbocycles. The molecular weight excluding hydrogens is 294 g/mol. The van der Waals surface area contributed by atoms with Crippen LogP contribution in [0.15, 0.2) is 24.3 Å². The molecule has 0 N–H and O–H groups in total. The van der Waals surface area contributed by atoms with Crippen molar-refractivity contribution in [1.82, 2.24) is 14.7 Å². The highest BCUT2D eigenvalue weighted by molar-refractivity contribution is 5.92. The van der Waals surface area contributed by atoms with Crippen molar-refractivity contribution in [3.05, 3.63) is 41.2 Å². The van der Waals surface area contributed by atoms with E-state index in [1.807, 2.05) is 52.1 Å². The van der Waals surface area contributed by atoms with Crippen molar-refractivity contribution >= 4 is 5.91 Å². The van der Waals surface area contributed by atoms with Gasteiger partial charge in [0.15, 0.2) is 17.2 Å². The largest absolute Gasteiger partial charge is 0.454 e. The van der Waals surface area contributed by atoms with E-state index in [2.05, 4.69) is 5.10 Å². The highest BCUT2D eigenvalue weighted by Crippen LogP contribution is 2.33. The molecule has 0 saturated heterocycles. The Bertz CT molecular complexity index is 717. The summed E-state index contributed by atoms with van der Waals surface area (Å²) in [7, 11) is 1.84. The number of rotatable bonds is 4. The quantitative estimate of drug-likeness (QED) is 0.870. The predicted octanol–water partition coefficient (Wildman–Crippen LogP) is 2.51. The van der Waals surface area contributed by atoms with Gasteiger partial charge in [0.2, 0.25) is 6.79 Å². The molecule has 0 spiro atoms. The maximum Gasteiger partial charge on any atom is 0.274 e. The molecule has 3 rings (SSSR count). The Labute approximate surface area is 135 Å². The van der Waals surface area contributed by atoms with Gasteiger partial charge in [0, 0.05) is 25.3 Å². The van der Waals surface area contributed by atoms with E-state index in [4.69, 9.17) is 9.47 Å². The van der Waals surface area contributed by atoms with E-state index in [0.717, 1.165) is 22.8 Å². The molecule has 2 aromatic rings. The number of benzene rings is 1. The van der Waals surface area contributed by atoms with Gasteiger partial charge in [-0.1, -0.05) is 6.07 Å². The van der Waals surface area contributed by atoms with Crippen LogP contribution in [0.3, 0.4) is 0 Å². The summed E-state index contributed by atoms with van der Waals surface area (Å²) >= 11 is 0. The van der Waals surface area contributed by atoms with Crippen LogP contribution >= 0.6 is 0 Å². The van der Waals surface area contributed by atoms with Crippen LogP contribution in [0, 0.1) is 6.92 Å². The standard InChI is InChI=1S/C17H21N3O3/c1-11(2)20(17(21)14-7-12(3)19(4)18-14)9-13-5-6-15-16(8-13)23-10-22-15/h5-8,11H,9-10H2,1-4H3. The Hall–Kier alpha value is -2.50. The predicted molar refractivity (Wildman–Crippen MR) is 85.5 cm³/mol. The Morgan fingerprint density at radius 3 is 2.70 bits per heavy atom. The first kappa shape index (κ1) is 15.4. The fraction of sp³-hybridized carbons (Fsp3) is 0.412. The minimum Gasteiger partial charge on any atom is -0.454 e. The maximum atomic E-state index is 12.8. The normalized spacial score (nSPS) is 12.7. The number of hydrogen-bond donors (Lipinski definition) is 0. The summed E-state index contributed by atoms with van der Waals surface area (Å²) in [6, 6.07) is 7.65. The Balaban J connectivity index is 1.83. The van der Waals surface area contributed by atoms with Gasteiger partial charge in [-0.15, -0.1) is 0 Å². The van der Waals surface area contributed by atoms with Crippen molar-refractivity contribution in [3.8, 4) is 11.5 Å². The van der Waals surface area contributed by atoms with Gasteiger partial charge >= 0.3 is 0 Å². The molecule has 0 fully saturated rings. The van der Waals surface area contributed by atoms with Gasteiger partial charge in [-0.3, -0.25) is 9.48 Å². The van der Waals surface area contributed by atoms with E-state index in [1.54, 1.807) is 9.58 Å². The van der Waals surface area contributed by atoms with Crippen LogP contribution in [0.1, 0.15) is 35.6 Å². The first-order chi connectivity index (χ1) is 11.0. The number of nitrogens with zero attached hydrogens (tertiary/aromatic N) is 3. The van der Waals surface area contributed by atoms with Crippen LogP contribution in [-0.2, 0) is 13.6 Å². The third kappa shape index (κ3) is 3.02. The number of amides is 1. The first-order valence-electron chi connectivity index (χ1n) is 7.66. The van der Waals surface area contributed by atoms with Crippen LogP contribution in [0.5, 0.6) is 11.5 Å². The fourth-order valence-electron chi connectivity index (χ4n) is 2.54. The summed E-state index contributed by atoms with van der Waals surface area (Å²) in [4.78, 5) is 14.6. The number of hydrogen-bond acceptors (Lipinski definition) is 4. The van der Waals surface area contributed by atoms with E-state index in [0.29, 0.717) is 12.2 Å². The first-order valence-corrected chi connectivity index (χ1v) is 7.66. The minimum atomic E-state index is -0.0682. The van der Waals surface area contributed by atoms with Crippen LogP contribution in [-0.4, -0.2) is 33.4 Å². The number of carbonyl (C=O) groups is 1.